The van der Waals surface area contributed by atoms with Crippen LogP contribution in [0.5, 0.6) is 11.5 Å². The molecule has 0 aliphatic rings. The van der Waals surface area contributed by atoms with E-state index in [1.807, 2.05) is 31.2 Å². The van der Waals surface area contributed by atoms with Crippen molar-refractivity contribution in [3.05, 3.63) is 83.2 Å². The van der Waals surface area contributed by atoms with E-state index in [0.29, 0.717) is 6.61 Å². The number of hydrogen-bond donors (Lipinski definition) is 2. The second-order valence-electron chi connectivity index (χ2n) is 7.26. The zero-order chi connectivity index (χ0) is 22.9. The third kappa shape index (κ3) is 5.30. The van der Waals surface area contributed by atoms with Crippen molar-refractivity contribution in [3.8, 4) is 22.6 Å². The Bertz CT molecular complexity index is 1140. The van der Waals surface area contributed by atoms with E-state index in [9.17, 15) is 5.11 Å². The Labute approximate surface area is 194 Å². The van der Waals surface area contributed by atoms with Crippen molar-refractivity contribution in [1.82, 2.24) is 0 Å². The molecule has 3 aromatic carbocycles. The van der Waals surface area contributed by atoms with Crippen LogP contribution in [0.2, 0.25) is 0 Å². The lowest BCUT2D eigenvalue weighted by Gasteiger charge is -2.20. The standard InChI is InChI=1S/C26H26O3S.CH5N/c1-3-29-25-12-11-19(18-7-6-8-22(14-18)28-2)15-24(25)20(16-27)13-21-17-30-26-10-5-4-9-23(21)26;1-2/h4-12,14-15,17,20,27H,3,13,16H2,1-2H3;2H2,1H3. The predicted octanol–water partition coefficient (Wildman–Crippen LogP) is 5.87. The highest BCUT2D eigenvalue weighted by Crippen LogP contribution is 2.36. The number of nitrogens with two attached hydrogens (primary N) is 1. The molecule has 0 aliphatic carbocycles. The molecule has 0 bridgehead atoms. The molecule has 5 heteroatoms. The van der Waals surface area contributed by atoms with E-state index in [4.69, 9.17) is 9.47 Å². The minimum absolute atomic E-state index is 0.0462. The van der Waals surface area contributed by atoms with Gasteiger partial charge in [0.2, 0.25) is 0 Å². The summed E-state index contributed by atoms with van der Waals surface area (Å²) < 4.78 is 12.6. The molecule has 0 spiro atoms. The molecular formula is C27H31NO3S. The van der Waals surface area contributed by atoms with E-state index < -0.39 is 0 Å². The number of benzene rings is 3. The van der Waals surface area contributed by atoms with Gasteiger partial charge in [0.1, 0.15) is 11.5 Å². The third-order valence-corrected chi connectivity index (χ3v) is 6.41. The van der Waals surface area contributed by atoms with Gasteiger partial charge in [0.25, 0.3) is 0 Å². The summed E-state index contributed by atoms with van der Waals surface area (Å²) in [6, 6.07) is 22.7. The minimum Gasteiger partial charge on any atom is -0.497 e. The fraction of sp³-hybridized carbons (Fsp3) is 0.259. The van der Waals surface area contributed by atoms with Gasteiger partial charge in [-0.25, -0.2) is 0 Å². The summed E-state index contributed by atoms with van der Waals surface area (Å²) in [6.45, 7) is 2.64. The maximum absolute atomic E-state index is 10.3. The Morgan fingerprint density at radius 3 is 2.50 bits per heavy atom. The van der Waals surface area contributed by atoms with Crippen LogP contribution in [-0.4, -0.2) is 32.5 Å². The number of hydrogen-bond acceptors (Lipinski definition) is 5. The number of thiophene rings is 1. The third-order valence-electron chi connectivity index (χ3n) is 5.40. The van der Waals surface area contributed by atoms with Crippen LogP contribution in [0.4, 0.5) is 0 Å². The molecule has 4 nitrogen and oxygen atoms in total. The smallest absolute Gasteiger partial charge is 0.122 e. The number of aliphatic hydroxyl groups excluding tert-OH is 1. The summed E-state index contributed by atoms with van der Waals surface area (Å²) in [5.74, 6) is 1.62. The van der Waals surface area contributed by atoms with Gasteiger partial charge in [0, 0.05) is 16.2 Å². The highest BCUT2D eigenvalue weighted by atomic mass is 32.1. The van der Waals surface area contributed by atoms with Gasteiger partial charge in [0.05, 0.1) is 20.3 Å². The van der Waals surface area contributed by atoms with E-state index in [2.05, 4.69) is 53.6 Å². The van der Waals surface area contributed by atoms with Crippen molar-refractivity contribution in [1.29, 1.82) is 0 Å². The van der Waals surface area contributed by atoms with Crippen molar-refractivity contribution >= 4 is 21.4 Å². The topological polar surface area (TPSA) is 64.7 Å². The zero-order valence-corrected chi connectivity index (χ0v) is 19.7. The van der Waals surface area contributed by atoms with Crippen molar-refractivity contribution in [2.45, 2.75) is 19.3 Å². The molecule has 0 aliphatic heterocycles. The second-order valence-corrected chi connectivity index (χ2v) is 8.17. The Morgan fingerprint density at radius 2 is 1.75 bits per heavy atom. The van der Waals surface area contributed by atoms with E-state index in [-0.39, 0.29) is 12.5 Å². The van der Waals surface area contributed by atoms with Gasteiger partial charge in [-0.2, -0.15) is 0 Å². The largest absolute Gasteiger partial charge is 0.497 e. The maximum atomic E-state index is 10.3. The van der Waals surface area contributed by atoms with E-state index in [1.54, 1.807) is 18.4 Å². The van der Waals surface area contributed by atoms with Crippen molar-refractivity contribution in [2.75, 3.05) is 27.4 Å². The van der Waals surface area contributed by atoms with Gasteiger partial charge in [0.15, 0.2) is 0 Å². The Morgan fingerprint density at radius 1 is 0.969 bits per heavy atom. The van der Waals surface area contributed by atoms with Crippen LogP contribution in [0.1, 0.15) is 24.0 Å². The molecule has 1 heterocycles. The average molecular weight is 450 g/mol. The first kappa shape index (κ1) is 23.8. The molecule has 0 radical (unpaired) electrons. The molecule has 0 saturated carbocycles. The first-order valence-corrected chi connectivity index (χ1v) is 11.7. The lowest BCUT2D eigenvalue weighted by molar-refractivity contribution is 0.258. The number of ether oxygens (including phenoxy) is 2. The first-order valence-electron chi connectivity index (χ1n) is 10.8. The Hall–Kier alpha value is -2.86. The molecule has 168 valence electrons. The minimum atomic E-state index is -0.0462. The maximum Gasteiger partial charge on any atom is 0.122 e. The van der Waals surface area contributed by atoms with Gasteiger partial charge in [-0.15, -0.1) is 11.3 Å². The van der Waals surface area contributed by atoms with E-state index in [0.717, 1.165) is 34.6 Å². The van der Waals surface area contributed by atoms with Crippen molar-refractivity contribution in [2.24, 2.45) is 5.73 Å². The van der Waals surface area contributed by atoms with Gasteiger partial charge in [-0.1, -0.05) is 36.4 Å². The van der Waals surface area contributed by atoms with E-state index >= 15 is 0 Å². The average Bonchev–Trinajstić information content (AvgIpc) is 3.27. The quantitative estimate of drug-likeness (QED) is 0.353. The molecule has 1 unspecified atom stereocenters. The van der Waals surface area contributed by atoms with Crippen molar-refractivity contribution < 1.29 is 14.6 Å². The zero-order valence-electron chi connectivity index (χ0n) is 18.9. The summed E-state index contributed by atoms with van der Waals surface area (Å²) in [7, 11) is 3.18. The van der Waals surface area contributed by atoms with Crippen LogP contribution >= 0.6 is 11.3 Å². The lowest BCUT2D eigenvalue weighted by atomic mass is 9.89. The number of fused-ring (bicyclic) bond motifs is 1. The Balaban J connectivity index is 0.00000141. The van der Waals surface area contributed by atoms with Crippen LogP contribution in [-0.2, 0) is 6.42 Å². The Kier molecular flexibility index (Phi) is 8.68. The molecule has 1 aromatic heterocycles. The van der Waals surface area contributed by atoms with Gasteiger partial charge >= 0.3 is 0 Å². The van der Waals surface area contributed by atoms with Crippen molar-refractivity contribution in [3.63, 3.8) is 0 Å². The summed E-state index contributed by atoms with van der Waals surface area (Å²) in [6.07, 6.45) is 0.766. The fourth-order valence-electron chi connectivity index (χ4n) is 3.87. The molecule has 1 atom stereocenters. The lowest BCUT2D eigenvalue weighted by Crippen LogP contribution is -2.10. The number of aliphatic hydroxyl groups is 1. The highest BCUT2D eigenvalue weighted by molar-refractivity contribution is 7.17. The molecule has 0 amide bonds. The molecule has 3 N–H and O–H groups in total. The predicted molar refractivity (Wildman–Crippen MR) is 135 cm³/mol. The van der Waals surface area contributed by atoms with Gasteiger partial charge < -0.3 is 20.3 Å². The SMILES string of the molecule is CCOc1ccc(-c2cccc(OC)c2)cc1C(CO)Cc1csc2ccccc12.CN. The summed E-state index contributed by atoms with van der Waals surface area (Å²) >= 11 is 1.75. The molecule has 0 saturated heterocycles. The molecule has 4 rings (SSSR count). The molecule has 32 heavy (non-hydrogen) atoms. The number of rotatable bonds is 8. The normalized spacial score (nSPS) is 11.5. The number of methoxy groups -OCH3 is 1. The summed E-state index contributed by atoms with van der Waals surface area (Å²) in [5.41, 5.74) is 8.97. The van der Waals surface area contributed by atoms with Crippen LogP contribution in [0.15, 0.2) is 72.1 Å². The van der Waals surface area contributed by atoms with Crippen LogP contribution < -0.4 is 15.2 Å². The molecular weight excluding hydrogens is 418 g/mol. The summed E-state index contributed by atoms with van der Waals surface area (Å²) in [5, 5.41) is 13.8. The second kappa shape index (κ2) is 11.7. The highest BCUT2D eigenvalue weighted by Gasteiger charge is 2.19. The molecule has 0 fully saturated rings. The monoisotopic (exact) mass is 449 g/mol. The van der Waals surface area contributed by atoms with Gasteiger partial charge in [-0.3, -0.25) is 0 Å². The van der Waals surface area contributed by atoms with E-state index in [1.165, 1.54) is 22.7 Å². The van der Waals surface area contributed by atoms with Crippen LogP contribution in [0, 0.1) is 0 Å². The fourth-order valence-corrected chi connectivity index (χ4v) is 4.84. The van der Waals surface area contributed by atoms with Crippen LogP contribution in [0.25, 0.3) is 21.2 Å². The van der Waals surface area contributed by atoms with Crippen LogP contribution in [0.3, 0.4) is 0 Å². The molecule has 4 aromatic rings. The summed E-state index contributed by atoms with van der Waals surface area (Å²) in [4.78, 5) is 0. The first-order chi connectivity index (χ1) is 15.7. The van der Waals surface area contributed by atoms with Gasteiger partial charge in [-0.05, 0) is 78.2 Å².